The molecule has 1 atom stereocenters. The fraction of sp³-hybridized carbons (Fsp3) is 0.455. The number of ether oxygens (including phenoxy) is 1. The normalized spacial score (nSPS) is 28.4. The summed E-state index contributed by atoms with van der Waals surface area (Å²) in [5, 5.41) is 0. The van der Waals surface area contributed by atoms with Gasteiger partial charge in [0.05, 0.1) is 0 Å². The Balaban J connectivity index is 2.82. The van der Waals surface area contributed by atoms with Gasteiger partial charge in [0, 0.05) is 7.11 Å². The topological polar surface area (TPSA) is 9.23 Å². The standard InChI is InChI=1S/C11H16O/c1-4-10-6-5-8-11(2,12-3)9-7-10/h5-9H,4H2,1-3H3. The largest absolute Gasteiger partial charge is 0.370 e. The second-order valence-electron chi connectivity index (χ2n) is 3.18. The van der Waals surface area contributed by atoms with E-state index < -0.39 is 0 Å². The number of methoxy groups -OCH3 is 1. The molecule has 0 bridgehead atoms. The molecule has 1 heteroatoms. The first kappa shape index (κ1) is 9.27. The SMILES string of the molecule is CCC1=CC=CC(C)(OC)C=C1. The molecule has 0 heterocycles. The molecule has 1 aliphatic rings. The predicted molar refractivity (Wildman–Crippen MR) is 52.1 cm³/mol. The lowest BCUT2D eigenvalue weighted by Crippen LogP contribution is -2.20. The van der Waals surface area contributed by atoms with E-state index in [1.165, 1.54) is 5.57 Å². The monoisotopic (exact) mass is 164 g/mol. The minimum Gasteiger partial charge on any atom is -0.370 e. The second-order valence-corrected chi connectivity index (χ2v) is 3.18. The quantitative estimate of drug-likeness (QED) is 0.609. The summed E-state index contributed by atoms with van der Waals surface area (Å²) < 4.78 is 5.34. The van der Waals surface area contributed by atoms with Crippen LogP contribution in [0, 0.1) is 0 Å². The van der Waals surface area contributed by atoms with Crippen molar-refractivity contribution in [1.29, 1.82) is 0 Å². The highest BCUT2D eigenvalue weighted by molar-refractivity contribution is 5.32. The van der Waals surface area contributed by atoms with Crippen LogP contribution in [0.4, 0.5) is 0 Å². The van der Waals surface area contributed by atoms with Gasteiger partial charge in [-0.2, -0.15) is 0 Å². The van der Waals surface area contributed by atoms with Crippen molar-refractivity contribution in [2.24, 2.45) is 0 Å². The van der Waals surface area contributed by atoms with Crippen LogP contribution in [0.5, 0.6) is 0 Å². The van der Waals surface area contributed by atoms with Gasteiger partial charge < -0.3 is 4.74 Å². The van der Waals surface area contributed by atoms with Crippen LogP contribution in [0.1, 0.15) is 20.3 Å². The van der Waals surface area contributed by atoms with E-state index in [9.17, 15) is 0 Å². The summed E-state index contributed by atoms with van der Waals surface area (Å²) in [5.74, 6) is 0. The maximum absolute atomic E-state index is 5.34. The highest BCUT2D eigenvalue weighted by Crippen LogP contribution is 2.18. The van der Waals surface area contributed by atoms with Gasteiger partial charge in [-0.1, -0.05) is 25.2 Å². The highest BCUT2D eigenvalue weighted by atomic mass is 16.5. The number of hydrogen-bond donors (Lipinski definition) is 0. The van der Waals surface area contributed by atoms with Gasteiger partial charge in [0.15, 0.2) is 0 Å². The van der Waals surface area contributed by atoms with Crippen LogP contribution in [0.25, 0.3) is 0 Å². The van der Waals surface area contributed by atoms with Crippen LogP contribution in [0.15, 0.2) is 36.0 Å². The van der Waals surface area contributed by atoms with Crippen molar-refractivity contribution in [3.05, 3.63) is 36.0 Å². The fourth-order valence-corrected chi connectivity index (χ4v) is 1.12. The molecule has 0 saturated carbocycles. The summed E-state index contributed by atoms with van der Waals surface area (Å²) in [6.45, 7) is 4.20. The molecule has 0 aliphatic heterocycles. The van der Waals surface area contributed by atoms with Crippen LogP contribution in [-0.4, -0.2) is 12.7 Å². The Morgan fingerprint density at radius 2 is 2.17 bits per heavy atom. The van der Waals surface area contributed by atoms with Crippen LogP contribution in [0.3, 0.4) is 0 Å². The van der Waals surface area contributed by atoms with Gasteiger partial charge in [0.2, 0.25) is 0 Å². The van der Waals surface area contributed by atoms with Gasteiger partial charge in [-0.3, -0.25) is 0 Å². The zero-order chi connectivity index (χ0) is 9.03. The van der Waals surface area contributed by atoms with E-state index in [0.29, 0.717) is 0 Å². The van der Waals surface area contributed by atoms with E-state index in [4.69, 9.17) is 4.74 Å². The molecule has 1 unspecified atom stereocenters. The minimum absolute atomic E-state index is 0.229. The van der Waals surface area contributed by atoms with E-state index >= 15 is 0 Å². The molecule has 0 spiro atoms. The van der Waals surface area contributed by atoms with Crippen molar-refractivity contribution in [2.45, 2.75) is 25.9 Å². The average Bonchev–Trinajstić information content (AvgIpc) is 2.28. The van der Waals surface area contributed by atoms with Crippen LogP contribution in [-0.2, 0) is 4.74 Å². The molecule has 0 radical (unpaired) electrons. The van der Waals surface area contributed by atoms with E-state index in [2.05, 4.69) is 37.3 Å². The van der Waals surface area contributed by atoms with Gasteiger partial charge in [-0.25, -0.2) is 0 Å². The van der Waals surface area contributed by atoms with Crippen molar-refractivity contribution in [3.8, 4) is 0 Å². The molecular formula is C11H16O. The van der Waals surface area contributed by atoms with E-state index in [0.717, 1.165) is 6.42 Å². The van der Waals surface area contributed by atoms with Crippen molar-refractivity contribution in [3.63, 3.8) is 0 Å². The lowest BCUT2D eigenvalue weighted by Gasteiger charge is -2.18. The summed E-state index contributed by atoms with van der Waals surface area (Å²) >= 11 is 0. The molecule has 12 heavy (non-hydrogen) atoms. The van der Waals surface area contributed by atoms with Crippen molar-refractivity contribution in [2.75, 3.05) is 7.11 Å². The lowest BCUT2D eigenvalue weighted by molar-refractivity contribution is 0.0908. The third kappa shape index (κ3) is 2.08. The number of hydrogen-bond acceptors (Lipinski definition) is 1. The van der Waals surface area contributed by atoms with E-state index in [1.54, 1.807) is 7.11 Å². The van der Waals surface area contributed by atoms with Crippen molar-refractivity contribution >= 4 is 0 Å². The Bertz CT molecular complexity index is 235. The molecule has 0 saturated heterocycles. The number of rotatable bonds is 2. The zero-order valence-corrected chi connectivity index (χ0v) is 8.00. The molecule has 66 valence electrons. The Kier molecular flexibility index (Phi) is 2.88. The first-order valence-corrected chi connectivity index (χ1v) is 4.33. The van der Waals surface area contributed by atoms with Gasteiger partial charge >= 0.3 is 0 Å². The van der Waals surface area contributed by atoms with Gasteiger partial charge in [-0.15, -0.1) is 0 Å². The number of allylic oxidation sites excluding steroid dienone is 4. The van der Waals surface area contributed by atoms with E-state index in [-0.39, 0.29) is 5.60 Å². The van der Waals surface area contributed by atoms with Gasteiger partial charge in [-0.05, 0) is 31.1 Å². The Hall–Kier alpha value is -0.820. The van der Waals surface area contributed by atoms with Crippen LogP contribution in [0.2, 0.25) is 0 Å². The molecule has 0 amide bonds. The molecule has 0 N–H and O–H groups in total. The Morgan fingerprint density at radius 3 is 2.75 bits per heavy atom. The molecule has 0 aromatic rings. The fourth-order valence-electron chi connectivity index (χ4n) is 1.12. The third-order valence-corrected chi connectivity index (χ3v) is 2.21. The maximum Gasteiger partial charge on any atom is 0.102 e. The van der Waals surface area contributed by atoms with Crippen molar-refractivity contribution < 1.29 is 4.74 Å². The first-order valence-electron chi connectivity index (χ1n) is 4.33. The first-order chi connectivity index (χ1) is 5.70. The molecule has 0 aromatic heterocycles. The summed E-state index contributed by atoms with van der Waals surface area (Å²) in [4.78, 5) is 0. The Labute approximate surface area is 74.4 Å². The minimum atomic E-state index is -0.229. The average molecular weight is 164 g/mol. The molecule has 1 aliphatic carbocycles. The molecule has 0 aromatic carbocycles. The molecular weight excluding hydrogens is 148 g/mol. The second kappa shape index (κ2) is 3.72. The maximum atomic E-state index is 5.34. The van der Waals surface area contributed by atoms with Crippen LogP contribution >= 0.6 is 0 Å². The van der Waals surface area contributed by atoms with Gasteiger partial charge in [0.1, 0.15) is 5.60 Å². The zero-order valence-electron chi connectivity index (χ0n) is 8.00. The van der Waals surface area contributed by atoms with Crippen molar-refractivity contribution in [1.82, 2.24) is 0 Å². The molecule has 1 nitrogen and oxygen atoms in total. The summed E-state index contributed by atoms with van der Waals surface area (Å²) in [7, 11) is 1.73. The lowest BCUT2D eigenvalue weighted by atomic mass is 10.1. The van der Waals surface area contributed by atoms with E-state index in [1.807, 2.05) is 6.92 Å². The molecule has 0 fully saturated rings. The van der Waals surface area contributed by atoms with Crippen LogP contribution < -0.4 is 0 Å². The third-order valence-electron chi connectivity index (χ3n) is 2.21. The Morgan fingerprint density at radius 1 is 1.42 bits per heavy atom. The summed E-state index contributed by atoms with van der Waals surface area (Å²) in [6.07, 6.45) is 11.5. The van der Waals surface area contributed by atoms with Gasteiger partial charge in [0.25, 0.3) is 0 Å². The smallest absolute Gasteiger partial charge is 0.102 e. The summed E-state index contributed by atoms with van der Waals surface area (Å²) in [5.41, 5.74) is 1.11. The molecule has 1 rings (SSSR count). The predicted octanol–water partition coefficient (Wildman–Crippen LogP) is 2.85. The highest BCUT2D eigenvalue weighted by Gasteiger charge is 2.15. The summed E-state index contributed by atoms with van der Waals surface area (Å²) in [6, 6.07) is 0.